The van der Waals surface area contributed by atoms with Crippen molar-refractivity contribution < 1.29 is 13.6 Å². The van der Waals surface area contributed by atoms with Crippen molar-refractivity contribution in [1.82, 2.24) is 0 Å². The first-order chi connectivity index (χ1) is 9.56. The van der Waals surface area contributed by atoms with E-state index in [-0.39, 0.29) is 18.1 Å². The molecule has 0 aromatic heterocycles. The molecule has 104 valence electrons. The van der Waals surface area contributed by atoms with Crippen LogP contribution in [0.5, 0.6) is 0 Å². The first kappa shape index (κ1) is 14.0. The largest absolute Gasteiger partial charge is 0.376 e. The van der Waals surface area contributed by atoms with Crippen molar-refractivity contribution in [3.05, 3.63) is 59.7 Å². The summed E-state index contributed by atoms with van der Waals surface area (Å²) in [6.07, 6.45) is 0. The minimum Gasteiger partial charge on any atom is -0.376 e. The van der Waals surface area contributed by atoms with E-state index in [1.54, 1.807) is 0 Å². The molecule has 5 heteroatoms. The summed E-state index contributed by atoms with van der Waals surface area (Å²) in [5.41, 5.74) is 2.10. The van der Waals surface area contributed by atoms with Crippen molar-refractivity contribution >= 4 is 17.3 Å². The quantitative estimate of drug-likeness (QED) is 0.899. The van der Waals surface area contributed by atoms with Crippen molar-refractivity contribution in [2.75, 3.05) is 17.2 Å². The number of nitrogens with one attached hydrogen (secondary N) is 2. The lowest BCUT2D eigenvalue weighted by Gasteiger charge is -2.10. The SMILES string of the molecule is Cc1ccccc1NCC(=O)Nc1ccc(F)c(F)c1. The average molecular weight is 276 g/mol. The normalized spacial score (nSPS) is 10.2. The molecule has 0 aliphatic heterocycles. The van der Waals surface area contributed by atoms with Gasteiger partial charge < -0.3 is 10.6 Å². The maximum atomic E-state index is 13.0. The molecule has 2 rings (SSSR count). The standard InChI is InChI=1S/C15H14F2N2O/c1-10-4-2-3-5-14(10)18-9-15(20)19-11-6-7-12(16)13(17)8-11/h2-8,18H,9H2,1H3,(H,19,20). The van der Waals surface area contributed by atoms with Crippen LogP contribution in [0.25, 0.3) is 0 Å². The molecule has 0 fully saturated rings. The zero-order chi connectivity index (χ0) is 14.5. The third-order valence-electron chi connectivity index (χ3n) is 2.79. The maximum Gasteiger partial charge on any atom is 0.243 e. The summed E-state index contributed by atoms with van der Waals surface area (Å²) in [6.45, 7) is 1.97. The van der Waals surface area contributed by atoms with E-state index in [0.29, 0.717) is 0 Å². The zero-order valence-electron chi connectivity index (χ0n) is 10.9. The maximum absolute atomic E-state index is 13.0. The Morgan fingerprint density at radius 3 is 2.55 bits per heavy atom. The van der Waals surface area contributed by atoms with Gasteiger partial charge in [0.15, 0.2) is 11.6 Å². The van der Waals surface area contributed by atoms with E-state index in [1.807, 2.05) is 31.2 Å². The molecule has 2 aromatic rings. The molecule has 0 spiro atoms. The summed E-state index contributed by atoms with van der Waals surface area (Å²) in [5.74, 6) is -2.27. The first-order valence-electron chi connectivity index (χ1n) is 6.10. The number of benzene rings is 2. The first-order valence-corrected chi connectivity index (χ1v) is 6.10. The van der Waals surface area contributed by atoms with Gasteiger partial charge >= 0.3 is 0 Å². The Balaban J connectivity index is 1.93. The molecule has 1 amide bonds. The van der Waals surface area contributed by atoms with Crippen molar-refractivity contribution in [2.24, 2.45) is 0 Å². The molecule has 0 aliphatic carbocycles. The second-order valence-corrected chi connectivity index (χ2v) is 4.35. The van der Waals surface area contributed by atoms with Crippen LogP contribution in [0.4, 0.5) is 20.2 Å². The molecule has 0 atom stereocenters. The Morgan fingerprint density at radius 1 is 1.10 bits per heavy atom. The summed E-state index contributed by atoms with van der Waals surface area (Å²) in [6, 6.07) is 10.8. The second-order valence-electron chi connectivity index (χ2n) is 4.35. The van der Waals surface area contributed by atoms with Gasteiger partial charge in [0.25, 0.3) is 0 Å². The molecular weight excluding hydrogens is 262 g/mol. The Bertz CT molecular complexity index is 629. The summed E-state index contributed by atoms with van der Waals surface area (Å²) in [7, 11) is 0. The highest BCUT2D eigenvalue weighted by molar-refractivity contribution is 5.93. The van der Waals surface area contributed by atoms with E-state index in [9.17, 15) is 13.6 Å². The third kappa shape index (κ3) is 3.54. The minimum absolute atomic E-state index is 0.0455. The number of carbonyl (C=O) groups is 1. The second kappa shape index (κ2) is 6.14. The van der Waals surface area contributed by atoms with Crippen LogP contribution in [-0.4, -0.2) is 12.5 Å². The highest BCUT2D eigenvalue weighted by Gasteiger charge is 2.06. The van der Waals surface area contributed by atoms with Gasteiger partial charge in [0.1, 0.15) is 0 Å². The van der Waals surface area contributed by atoms with Gasteiger partial charge in [-0.3, -0.25) is 4.79 Å². The van der Waals surface area contributed by atoms with Crippen LogP contribution < -0.4 is 10.6 Å². The van der Waals surface area contributed by atoms with E-state index >= 15 is 0 Å². The summed E-state index contributed by atoms with van der Waals surface area (Å²) in [5, 5.41) is 5.47. The number of anilines is 2. The van der Waals surface area contributed by atoms with Crippen molar-refractivity contribution in [3.63, 3.8) is 0 Å². The van der Waals surface area contributed by atoms with E-state index < -0.39 is 11.6 Å². The fourth-order valence-electron chi connectivity index (χ4n) is 1.73. The van der Waals surface area contributed by atoms with Gasteiger partial charge in [0.05, 0.1) is 6.54 Å². The number of rotatable bonds is 4. The van der Waals surface area contributed by atoms with Crippen LogP contribution in [-0.2, 0) is 4.79 Å². The Hall–Kier alpha value is -2.43. The predicted octanol–water partition coefficient (Wildman–Crippen LogP) is 3.32. The van der Waals surface area contributed by atoms with E-state index in [0.717, 1.165) is 23.4 Å². The van der Waals surface area contributed by atoms with Crippen LogP contribution >= 0.6 is 0 Å². The minimum atomic E-state index is -0.991. The van der Waals surface area contributed by atoms with Gasteiger partial charge in [-0.05, 0) is 30.7 Å². The van der Waals surface area contributed by atoms with E-state index in [1.165, 1.54) is 6.07 Å². The molecule has 0 radical (unpaired) electrons. The van der Waals surface area contributed by atoms with Crippen LogP contribution in [0.3, 0.4) is 0 Å². The zero-order valence-corrected chi connectivity index (χ0v) is 10.9. The molecule has 0 heterocycles. The number of aryl methyl sites for hydroxylation is 1. The highest BCUT2D eigenvalue weighted by atomic mass is 19.2. The molecule has 20 heavy (non-hydrogen) atoms. The average Bonchev–Trinajstić information content (AvgIpc) is 2.42. The molecule has 0 saturated carbocycles. The molecule has 0 bridgehead atoms. The Kier molecular flexibility index (Phi) is 4.30. The Morgan fingerprint density at radius 2 is 1.85 bits per heavy atom. The number of amides is 1. The fourth-order valence-corrected chi connectivity index (χ4v) is 1.73. The van der Waals surface area contributed by atoms with Crippen molar-refractivity contribution in [1.29, 1.82) is 0 Å². The molecule has 3 nitrogen and oxygen atoms in total. The predicted molar refractivity (Wildman–Crippen MR) is 74.7 cm³/mol. The lowest BCUT2D eigenvalue weighted by atomic mass is 10.2. The van der Waals surface area contributed by atoms with Gasteiger partial charge in [0, 0.05) is 17.4 Å². The topological polar surface area (TPSA) is 41.1 Å². The Labute approximate surface area is 115 Å². The lowest BCUT2D eigenvalue weighted by molar-refractivity contribution is -0.114. The van der Waals surface area contributed by atoms with Gasteiger partial charge in [-0.1, -0.05) is 18.2 Å². The van der Waals surface area contributed by atoms with Gasteiger partial charge in [0.2, 0.25) is 5.91 Å². The number of carbonyl (C=O) groups excluding carboxylic acids is 1. The van der Waals surface area contributed by atoms with E-state index in [4.69, 9.17) is 0 Å². The summed E-state index contributed by atoms with van der Waals surface area (Å²) >= 11 is 0. The van der Waals surface area contributed by atoms with Gasteiger partial charge in [-0.15, -0.1) is 0 Å². The fraction of sp³-hybridized carbons (Fsp3) is 0.133. The molecule has 0 unspecified atom stereocenters. The van der Waals surface area contributed by atoms with Gasteiger partial charge in [-0.25, -0.2) is 8.78 Å². The van der Waals surface area contributed by atoms with Crippen LogP contribution in [0.1, 0.15) is 5.56 Å². The highest BCUT2D eigenvalue weighted by Crippen LogP contribution is 2.14. The number of halogens is 2. The van der Waals surface area contributed by atoms with Crippen LogP contribution in [0.15, 0.2) is 42.5 Å². The lowest BCUT2D eigenvalue weighted by Crippen LogP contribution is -2.22. The van der Waals surface area contributed by atoms with Crippen molar-refractivity contribution in [2.45, 2.75) is 6.92 Å². The number of hydrogen-bond acceptors (Lipinski definition) is 2. The van der Waals surface area contributed by atoms with Crippen LogP contribution in [0.2, 0.25) is 0 Å². The third-order valence-corrected chi connectivity index (χ3v) is 2.79. The van der Waals surface area contributed by atoms with Crippen LogP contribution in [0, 0.1) is 18.6 Å². The number of para-hydroxylation sites is 1. The number of hydrogen-bond donors (Lipinski definition) is 2. The molecule has 2 aromatic carbocycles. The molecule has 0 saturated heterocycles. The monoisotopic (exact) mass is 276 g/mol. The molecule has 0 aliphatic rings. The smallest absolute Gasteiger partial charge is 0.243 e. The molecule has 2 N–H and O–H groups in total. The molecular formula is C15H14F2N2O. The summed E-state index contributed by atoms with van der Waals surface area (Å²) in [4.78, 5) is 11.7. The van der Waals surface area contributed by atoms with E-state index in [2.05, 4.69) is 10.6 Å². The van der Waals surface area contributed by atoms with Crippen molar-refractivity contribution in [3.8, 4) is 0 Å². The van der Waals surface area contributed by atoms with Gasteiger partial charge in [-0.2, -0.15) is 0 Å². The summed E-state index contributed by atoms with van der Waals surface area (Å²) < 4.78 is 25.7.